The van der Waals surface area contributed by atoms with Crippen LogP contribution in [0.3, 0.4) is 0 Å². The Balaban J connectivity index is 1.54. The molecule has 1 fully saturated rings. The molecule has 0 saturated heterocycles. The number of benzene rings is 1. The maximum Gasteiger partial charge on any atom is 0.142 e. The first-order valence-electron chi connectivity index (χ1n) is 10.2. The third-order valence-electron chi connectivity index (χ3n) is 5.82. The second kappa shape index (κ2) is 7.39. The summed E-state index contributed by atoms with van der Waals surface area (Å²) in [6.07, 6.45) is 10.6. The molecule has 4 nitrogen and oxygen atoms in total. The van der Waals surface area contributed by atoms with Gasteiger partial charge in [-0.2, -0.15) is 5.10 Å². The normalized spacial score (nSPS) is 14.7. The maximum absolute atomic E-state index is 13.5. The lowest BCUT2D eigenvalue weighted by atomic mass is 10.00. The molecular weight excluding hydrogens is 363 g/mol. The number of nitrogens with zero attached hydrogens (tertiary/aromatic N) is 4. The number of aromatic nitrogens is 4. The molecule has 1 aliphatic rings. The van der Waals surface area contributed by atoms with Crippen molar-refractivity contribution in [2.45, 2.75) is 39.2 Å². The summed E-state index contributed by atoms with van der Waals surface area (Å²) in [6, 6.07) is 11.5. The minimum atomic E-state index is -0.325. The second-order valence-electron chi connectivity index (χ2n) is 8.01. The van der Waals surface area contributed by atoms with Crippen LogP contribution in [0, 0.1) is 18.7 Å². The van der Waals surface area contributed by atoms with Crippen LogP contribution in [0.2, 0.25) is 0 Å². The van der Waals surface area contributed by atoms with Crippen molar-refractivity contribution in [2.24, 2.45) is 5.92 Å². The number of aryl methyl sites for hydroxylation is 1. The Morgan fingerprint density at radius 2 is 1.90 bits per heavy atom. The molecule has 0 bridgehead atoms. The van der Waals surface area contributed by atoms with Crippen LogP contribution in [0.1, 0.15) is 31.4 Å². The van der Waals surface area contributed by atoms with E-state index in [1.807, 2.05) is 37.4 Å². The van der Waals surface area contributed by atoms with Crippen LogP contribution in [0.15, 0.2) is 55.0 Å². The lowest BCUT2D eigenvalue weighted by Crippen LogP contribution is -2.07. The minimum Gasteiger partial charge on any atom is -0.272 e. The van der Waals surface area contributed by atoms with Crippen LogP contribution in [0.5, 0.6) is 0 Å². The third kappa shape index (κ3) is 3.65. The van der Waals surface area contributed by atoms with Crippen molar-refractivity contribution in [3.63, 3.8) is 0 Å². The van der Waals surface area contributed by atoms with Gasteiger partial charge in [-0.1, -0.05) is 31.0 Å². The molecule has 0 N–H and O–H groups in total. The van der Waals surface area contributed by atoms with Crippen molar-refractivity contribution in [2.75, 3.05) is 0 Å². The fraction of sp³-hybridized carbons (Fsp3) is 0.292. The molecular formula is C24H23FN4. The van der Waals surface area contributed by atoms with Crippen LogP contribution < -0.4 is 0 Å². The molecule has 5 heteroatoms. The van der Waals surface area contributed by atoms with Crippen molar-refractivity contribution < 1.29 is 4.39 Å². The zero-order valence-electron chi connectivity index (χ0n) is 16.5. The molecule has 0 spiro atoms. The van der Waals surface area contributed by atoms with Crippen molar-refractivity contribution in [3.8, 4) is 22.4 Å². The summed E-state index contributed by atoms with van der Waals surface area (Å²) >= 11 is 0. The highest BCUT2D eigenvalue weighted by Crippen LogP contribution is 2.33. The van der Waals surface area contributed by atoms with E-state index >= 15 is 0 Å². The van der Waals surface area contributed by atoms with E-state index in [0.717, 1.165) is 51.4 Å². The van der Waals surface area contributed by atoms with Crippen molar-refractivity contribution in [1.82, 2.24) is 19.7 Å². The summed E-state index contributed by atoms with van der Waals surface area (Å²) in [5.74, 6) is 0.416. The molecule has 0 atom stereocenters. The molecule has 0 aliphatic heterocycles. The largest absolute Gasteiger partial charge is 0.272 e. The lowest BCUT2D eigenvalue weighted by Gasteiger charge is -2.10. The van der Waals surface area contributed by atoms with Gasteiger partial charge in [-0.15, -0.1) is 0 Å². The monoisotopic (exact) mass is 386 g/mol. The molecule has 0 unspecified atom stereocenters. The summed E-state index contributed by atoms with van der Waals surface area (Å²) in [5, 5.41) is 5.39. The van der Waals surface area contributed by atoms with Gasteiger partial charge >= 0.3 is 0 Å². The van der Waals surface area contributed by atoms with Crippen molar-refractivity contribution >= 4 is 10.9 Å². The summed E-state index contributed by atoms with van der Waals surface area (Å²) in [4.78, 5) is 9.05. The Morgan fingerprint density at radius 1 is 1.03 bits per heavy atom. The van der Waals surface area contributed by atoms with E-state index in [9.17, 15) is 4.39 Å². The average molecular weight is 386 g/mol. The summed E-state index contributed by atoms with van der Waals surface area (Å²) in [5.41, 5.74) is 5.70. The summed E-state index contributed by atoms with van der Waals surface area (Å²) < 4.78 is 15.5. The fourth-order valence-corrected chi connectivity index (χ4v) is 4.31. The van der Waals surface area contributed by atoms with Crippen LogP contribution >= 0.6 is 0 Å². The van der Waals surface area contributed by atoms with E-state index in [1.165, 1.54) is 37.9 Å². The van der Waals surface area contributed by atoms with Crippen LogP contribution in [0.4, 0.5) is 4.39 Å². The maximum atomic E-state index is 13.5. The SMILES string of the molecule is Cc1ccc(-c2cnn(CC3CCCC3)c2)c(-c2ccc3cc(F)cnc3c2)n1. The van der Waals surface area contributed by atoms with Crippen molar-refractivity contribution in [1.29, 1.82) is 0 Å². The molecule has 3 heterocycles. The first-order valence-corrected chi connectivity index (χ1v) is 10.2. The topological polar surface area (TPSA) is 43.6 Å². The average Bonchev–Trinajstić information content (AvgIpc) is 3.40. The van der Waals surface area contributed by atoms with Gasteiger partial charge in [-0.3, -0.25) is 14.6 Å². The zero-order valence-corrected chi connectivity index (χ0v) is 16.5. The molecule has 146 valence electrons. The van der Waals surface area contributed by atoms with E-state index in [0.29, 0.717) is 0 Å². The molecule has 5 rings (SSSR count). The molecule has 29 heavy (non-hydrogen) atoms. The first-order chi connectivity index (χ1) is 14.2. The Hall–Kier alpha value is -3.08. The lowest BCUT2D eigenvalue weighted by molar-refractivity contribution is 0.429. The van der Waals surface area contributed by atoms with Crippen molar-refractivity contribution in [3.05, 3.63) is 66.5 Å². The van der Waals surface area contributed by atoms with Gasteiger partial charge in [0.2, 0.25) is 0 Å². The van der Waals surface area contributed by atoms with E-state index in [2.05, 4.69) is 27.0 Å². The third-order valence-corrected chi connectivity index (χ3v) is 5.82. The van der Waals surface area contributed by atoms with Gasteiger partial charge in [0.15, 0.2) is 0 Å². The summed E-state index contributed by atoms with van der Waals surface area (Å²) in [7, 11) is 0. The highest BCUT2D eigenvalue weighted by atomic mass is 19.1. The number of halogens is 1. The van der Waals surface area contributed by atoms with Gasteiger partial charge in [0.25, 0.3) is 0 Å². The van der Waals surface area contributed by atoms with E-state index < -0.39 is 0 Å². The fourth-order valence-electron chi connectivity index (χ4n) is 4.31. The molecule has 0 radical (unpaired) electrons. The van der Waals surface area contributed by atoms with Crippen LogP contribution in [0.25, 0.3) is 33.3 Å². The Kier molecular flexibility index (Phi) is 4.58. The van der Waals surface area contributed by atoms with Crippen LogP contribution in [-0.2, 0) is 6.54 Å². The van der Waals surface area contributed by atoms with Gasteiger partial charge in [0.05, 0.1) is 23.6 Å². The van der Waals surface area contributed by atoms with Gasteiger partial charge in [-0.05, 0) is 43.9 Å². The van der Waals surface area contributed by atoms with Crippen LogP contribution in [-0.4, -0.2) is 19.7 Å². The molecule has 1 aliphatic carbocycles. The standard InChI is InChI=1S/C24H23FN4/c1-16-6-9-22(20-12-27-29(15-20)14-17-4-2-3-5-17)24(28-16)19-8-7-18-10-21(25)13-26-23(18)11-19/h6-13,15,17H,2-5,14H2,1H3. The first kappa shape index (κ1) is 18.0. The van der Waals surface area contributed by atoms with Gasteiger partial charge in [0.1, 0.15) is 5.82 Å². The Morgan fingerprint density at radius 3 is 2.76 bits per heavy atom. The van der Waals surface area contributed by atoms with E-state index in [1.54, 1.807) is 0 Å². The number of rotatable bonds is 4. The predicted molar refractivity (Wildman–Crippen MR) is 113 cm³/mol. The predicted octanol–water partition coefficient (Wildman–Crippen LogP) is 5.80. The molecule has 3 aromatic heterocycles. The Labute approximate surface area is 169 Å². The van der Waals surface area contributed by atoms with Gasteiger partial charge < -0.3 is 0 Å². The number of hydrogen-bond acceptors (Lipinski definition) is 3. The number of hydrogen-bond donors (Lipinski definition) is 0. The highest BCUT2D eigenvalue weighted by molar-refractivity contribution is 5.87. The number of fused-ring (bicyclic) bond motifs is 1. The van der Waals surface area contributed by atoms with E-state index in [4.69, 9.17) is 4.98 Å². The second-order valence-corrected chi connectivity index (χ2v) is 8.01. The summed E-state index contributed by atoms with van der Waals surface area (Å²) in [6.45, 7) is 2.98. The highest BCUT2D eigenvalue weighted by Gasteiger charge is 2.17. The molecule has 4 aromatic rings. The van der Waals surface area contributed by atoms with Gasteiger partial charge in [0, 0.05) is 40.5 Å². The molecule has 0 amide bonds. The Bertz CT molecular complexity index is 1170. The molecule has 1 aromatic carbocycles. The minimum absolute atomic E-state index is 0.325. The smallest absolute Gasteiger partial charge is 0.142 e. The number of pyridine rings is 2. The van der Waals surface area contributed by atoms with E-state index in [-0.39, 0.29) is 5.82 Å². The van der Waals surface area contributed by atoms with Gasteiger partial charge in [-0.25, -0.2) is 4.39 Å². The quantitative estimate of drug-likeness (QED) is 0.445. The zero-order chi connectivity index (χ0) is 19.8. The molecule has 1 saturated carbocycles.